The van der Waals surface area contributed by atoms with E-state index < -0.39 is 5.92 Å². The lowest BCUT2D eigenvalue weighted by Gasteiger charge is -2.58. The van der Waals surface area contributed by atoms with E-state index in [1.165, 1.54) is 12.5 Å². The van der Waals surface area contributed by atoms with Crippen LogP contribution in [0.3, 0.4) is 0 Å². The third-order valence-electron chi connectivity index (χ3n) is 9.64. The third kappa shape index (κ3) is 3.32. The predicted molar refractivity (Wildman–Crippen MR) is 115 cm³/mol. The number of fused-ring (bicyclic) bond motifs is 5. The molecule has 0 aliphatic heterocycles. The van der Waals surface area contributed by atoms with Gasteiger partial charge in [-0.05, 0) is 80.0 Å². The number of nitriles is 2. The molecule has 0 spiro atoms. The Kier molecular flexibility index (Phi) is 5.53. The summed E-state index contributed by atoms with van der Waals surface area (Å²) in [5.74, 6) is 0.298. The molecule has 4 rings (SSSR count). The molecule has 0 unspecified atom stereocenters. The molecule has 0 aromatic carbocycles. The molecule has 0 aromatic rings. The standard InChI is InChI=1S/C26H34N2O3/c1-15(29)24-21(17(13-27)14-28)12-23-20-6-5-18-11-19(31-16(2)30)7-9-25(18,3)22(20)8-10-26(23,24)4/h5,17,19-24H,6-12H2,1-4H3/t19-,20+,21-,22-,23-,24-,25-,26-/m0/s1. The van der Waals surface area contributed by atoms with E-state index in [1.807, 2.05) is 0 Å². The van der Waals surface area contributed by atoms with Crippen molar-refractivity contribution in [3.63, 3.8) is 0 Å². The van der Waals surface area contributed by atoms with Crippen LogP contribution < -0.4 is 0 Å². The first-order chi connectivity index (χ1) is 14.7. The average molecular weight is 423 g/mol. The lowest BCUT2D eigenvalue weighted by molar-refractivity contribution is -0.149. The highest BCUT2D eigenvalue weighted by Gasteiger charge is 2.63. The minimum atomic E-state index is -0.709. The summed E-state index contributed by atoms with van der Waals surface area (Å²) in [7, 11) is 0. The average Bonchev–Trinajstić information content (AvgIpc) is 3.02. The molecule has 0 saturated heterocycles. The monoisotopic (exact) mass is 422 g/mol. The summed E-state index contributed by atoms with van der Waals surface area (Å²) in [4.78, 5) is 24.2. The first-order valence-electron chi connectivity index (χ1n) is 11.8. The van der Waals surface area contributed by atoms with Crippen LogP contribution in [-0.2, 0) is 14.3 Å². The Morgan fingerprint density at radius 1 is 1.13 bits per heavy atom. The van der Waals surface area contributed by atoms with Crippen molar-refractivity contribution < 1.29 is 14.3 Å². The quantitative estimate of drug-likeness (QED) is 0.473. The maximum absolute atomic E-state index is 12.8. The van der Waals surface area contributed by atoms with Crippen molar-refractivity contribution in [2.24, 2.45) is 46.3 Å². The van der Waals surface area contributed by atoms with Gasteiger partial charge >= 0.3 is 5.97 Å². The first-order valence-corrected chi connectivity index (χ1v) is 11.8. The zero-order chi connectivity index (χ0) is 22.6. The van der Waals surface area contributed by atoms with Crippen molar-refractivity contribution >= 4 is 11.8 Å². The van der Waals surface area contributed by atoms with Crippen LogP contribution >= 0.6 is 0 Å². The summed E-state index contributed by atoms with van der Waals surface area (Å²) >= 11 is 0. The Morgan fingerprint density at radius 2 is 1.84 bits per heavy atom. The van der Waals surface area contributed by atoms with Crippen molar-refractivity contribution in [1.29, 1.82) is 10.5 Å². The second kappa shape index (κ2) is 7.77. The van der Waals surface area contributed by atoms with Gasteiger partial charge in [-0.3, -0.25) is 9.59 Å². The Bertz CT molecular complexity index is 881. The lowest BCUT2D eigenvalue weighted by Crippen LogP contribution is -2.51. The predicted octanol–water partition coefficient (Wildman–Crippen LogP) is 4.98. The van der Waals surface area contributed by atoms with Gasteiger partial charge in [0.25, 0.3) is 0 Å². The fraction of sp³-hybridized carbons (Fsp3) is 0.769. The highest BCUT2D eigenvalue weighted by atomic mass is 16.5. The molecule has 4 aliphatic rings. The largest absolute Gasteiger partial charge is 0.462 e. The zero-order valence-electron chi connectivity index (χ0n) is 19.2. The normalized spacial score (nSPS) is 43.5. The van der Waals surface area contributed by atoms with Gasteiger partial charge in [0.15, 0.2) is 0 Å². The number of hydrogen-bond acceptors (Lipinski definition) is 5. The van der Waals surface area contributed by atoms with E-state index >= 15 is 0 Å². The van der Waals surface area contributed by atoms with Gasteiger partial charge in [-0.1, -0.05) is 25.5 Å². The maximum Gasteiger partial charge on any atom is 0.302 e. The van der Waals surface area contributed by atoms with Crippen molar-refractivity contribution in [3.05, 3.63) is 11.6 Å². The van der Waals surface area contributed by atoms with E-state index in [-0.39, 0.29) is 40.5 Å². The number of nitrogens with zero attached hydrogens (tertiary/aromatic N) is 2. The second-order valence-electron chi connectivity index (χ2n) is 11.0. The topological polar surface area (TPSA) is 90.9 Å². The fourth-order valence-corrected chi connectivity index (χ4v) is 8.37. The summed E-state index contributed by atoms with van der Waals surface area (Å²) in [6, 6.07) is 4.37. The fourth-order valence-electron chi connectivity index (χ4n) is 8.37. The van der Waals surface area contributed by atoms with Crippen LogP contribution in [0.2, 0.25) is 0 Å². The van der Waals surface area contributed by atoms with Crippen LogP contribution in [0.5, 0.6) is 0 Å². The summed E-state index contributed by atoms with van der Waals surface area (Å²) in [6.07, 6.45) is 9.03. The molecule has 0 radical (unpaired) electrons. The number of ketones is 1. The summed E-state index contributed by atoms with van der Waals surface area (Å²) < 4.78 is 5.53. The molecule has 31 heavy (non-hydrogen) atoms. The molecule has 5 heteroatoms. The van der Waals surface area contributed by atoms with Crippen LogP contribution in [0, 0.1) is 69.0 Å². The van der Waals surface area contributed by atoms with Crippen LogP contribution in [-0.4, -0.2) is 17.9 Å². The summed E-state index contributed by atoms with van der Waals surface area (Å²) in [6.45, 7) is 7.79. The van der Waals surface area contributed by atoms with Crippen LogP contribution in [0.1, 0.15) is 72.6 Å². The van der Waals surface area contributed by atoms with E-state index in [9.17, 15) is 20.1 Å². The molecule has 0 amide bonds. The maximum atomic E-state index is 12.8. The molecular formula is C26H34N2O3. The molecule has 3 fully saturated rings. The summed E-state index contributed by atoms with van der Waals surface area (Å²) in [5.41, 5.74) is 1.44. The van der Waals surface area contributed by atoms with E-state index in [2.05, 4.69) is 32.1 Å². The molecule has 0 N–H and O–H groups in total. The van der Waals surface area contributed by atoms with Gasteiger partial charge in [0.05, 0.1) is 12.1 Å². The molecule has 0 heterocycles. The Hall–Kier alpha value is -2.14. The molecule has 4 aliphatic carbocycles. The molecule has 166 valence electrons. The van der Waals surface area contributed by atoms with Gasteiger partial charge in [-0.25, -0.2) is 0 Å². The van der Waals surface area contributed by atoms with Crippen LogP contribution in [0.15, 0.2) is 11.6 Å². The number of ether oxygens (including phenoxy) is 1. The number of rotatable bonds is 3. The van der Waals surface area contributed by atoms with Crippen molar-refractivity contribution in [2.45, 2.75) is 78.7 Å². The van der Waals surface area contributed by atoms with Gasteiger partial charge in [0.2, 0.25) is 0 Å². The summed E-state index contributed by atoms with van der Waals surface area (Å²) in [5, 5.41) is 19.2. The number of Topliss-reactive ketones (excluding diaryl/α,β-unsaturated/α-hetero) is 1. The van der Waals surface area contributed by atoms with E-state index in [4.69, 9.17) is 4.74 Å². The molecule has 8 atom stereocenters. The highest BCUT2D eigenvalue weighted by Crippen LogP contribution is 2.68. The van der Waals surface area contributed by atoms with Gasteiger partial charge in [-0.15, -0.1) is 0 Å². The van der Waals surface area contributed by atoms with Gasteiger partial charge < -0.3 is 4.74 Å². The Balaban J connectivity index is 1.65. The van der Waals surface area contributed by atoms with Gasteiger partial charge in [-0.2, -0.15) is 10.5 Å². The number of esters is 1. The minimum Gasteiger partial charge on any atom is -0.462 e. The van der Waals surface area contributed by atoms with Gasteiger partial charge in [0.1, 0.15) is 17.8 Å². The minimum absolute atomic E-state index is 0.00722. The highest BCUT2D eigenvalue weighted by molar-refractivity contribution is 5.80. The molecule has 0 bridgehead atoms. The lowest BCUT2D eigenvalue weighted by atomic mass is 9.47. The zero-order valence-corrected chi connectivity index (χ0v) is 19.2. The smallest absolute Gasteiger partial charge is 0.302 e. The first kappa shape index (κ1) is 22.1. The third-order valence-corrected chi connectivity index (χ3v) is 9.64. The Morgan fingerprint density at radius 3 is 2.45 bits per heavy atom. The number of carbonyl (C=O) groups is 2. The SMILES string of the molecule is CC(=O)O[C@H]1CC[C@@]2(C)C(=CC[C@H]3[C@@H]4C[C@@H](C(C#N)C#N)[C@H](C(C)=O)[C@@]4(C)CC[C@@H]32)C1. The van der Waals surface area contributed by atoms with Gasteiger partial charge in [0, 0.05) is 19.3 Å². The van der Waals surface area contributed by atoms with Crippen LogP contribution in [0.4, 0.5) is 0 Å². The van der Waals surface area contributed by atoms with Crippen molar-refractivity contribution in [2.75, 3.05) is 0 Å². The van der Waals surface area contributed by atoms with E-state index in [0.29, 0.717) is 17.8 Å². The molecule has 3 saturated carbocycles. The van der Waals surface area contributed by atoms with Crippen molar-refractivity contribution in [1.82, 2.24) is 0 Å². The van der Waals surface area contributed by atoms with E-state index in [0.717, 1.165) is 44.9 Å². The molecule has 5 nitrogen and oxygen atoms in total. The van der Waals surface area contributed by atoms with Crippen LogP contribution in [0.25, 0.3) is 0 Å². The number of allylic oxidation sites excluding steroid dienone is 1. The number of hydrogen-bond donors (Lipinski definition) is 0. The molecule has 0 aromatic heterocycles. The number of carbonyl (C=O) groups excluding carboxylic acids is 2. The second-order valence-corrected chi connectivity index (χ2v) is 11.0. The van der Waals surface area contributed by atoms with E-state index in [1.54, 1.807) is 6.92 Å². The van der Waals surface area contributed by atoms with Crippen molar-refractivity contribution in [3.8, 4) is 12.1 Å². The Labute approximate surface area is 185 Å². The molecular weight excluding hydrogens is 388 g/mol.